The van der Waals surface area contributed by atoms with Crippen LogP contribution in [0.25, 0.3) is 0 Å². The maximum atomic E-state index is 10.2. The molecule has 4 heteroatoms. The second-order valence-electron chi connectivity index (χ2n) is 2.88. The zero-order valence-electron chi connectivity index (χ0n) is 6.95. The zero-order valence-corrected chi connectivity index (χ0v) is 6.95. The van der Waals surface area contributed by atoms with Gasteiger partial charge in [-0.1, -0.05) is 6.92 Å². The average Bonchev–Trinajstić information content (AvgIpc) is 1.85. The van der Waals surface area contributed by atoms with Gasteiger partial charge in [0.1, 0.15) is 0 Å². The standard InChI is InChI=1S/C7H15NO3/c1-6(5-9)3-8(2)4-7(10)11/h6,9H,3-5H2,1-2H3,(H,10,11). The first-order valence-corrected chi connectivity index (χ1v) is 3.57. The second kappa shape index (κ2) is 5.09. The molecule has 0 bridgehead atoms. The number of aliphatic hydroxyl groups is 1. The van der Waals surface area contributed by atoms with Gasteiger partial charge in [0, 0.05) is 13.2 Å². The van der Waals surface area contributed by atoms with Crippen LogP contribution in [0.3, 0.4) is 0 Å². The van der Waals surface area contributed by atoms with E-state index in [1.54, 1.807) is 11.9 Å². The van der Waals surface area contributed by atoms with E-state index >= 15 is 0 Å². The molecule has 0 amide bonds. The summed E-state index contributed by atoms with van der Waals surface area (Å²) in [7, 11) is 1.72. The molecule has 0 aliphatic carbocycles. The fraction of sp³-hybridized carbons (Fsp3) is 0.857. The zero-order chi connectivity index (χ0) is 8.85. The smallest absolute Gasteiger partial charge is 0.317 e. The Hall–Kier alpha value is -0.610. The molecule has 0 radical (unpaired) electrons. The minimum Gasteiger partial charge on any atom is -0.480 e. The van der Waals surface area contributed by atoms with Crippen LogP contribution in [0.2, 0.25) is 0 Å². The summed E-state index contributed by atoms with van der Waals surface area (Å²) < 4.78 is 0. The Morgan fingerprint density at radius 2 is 2.18 bits per heavy atom. The van der Waals surface area contributed by atoms with E-state index in [4.69, 9.17) is 10.2 Å². The average molecular weight is 161 g/mol. The Morgan fingerprint density at radius 3 is 2.55 bits per heavy atom. The molecule has 2 N–H and O–H groups in total. The van der Waals surface area contributed by atoms with Gasteiger partial charge in [-0.3, -0.25) is 9.69 Å². The first-order chi connectivity index (χ1) is 5.06. The summed E-state index contributed by atoms with van der Waals surface area (Å²) in [6, 6.07) is 0. The van der Waals surface area contributed by atoms with Crippen molar-refractivity contribution in [3.8, 4) is 0 Å². The molecule has 0 aromatic heterocycles. The van der Waals surface area contributed by atoms with Gasteiger partial charge in [-0.15, -0.1) is 0 Å². The van der Waals surface area contributed by atoms with Crippen LogP contribution in [0, 0.1) is 5.92 Å². The molecule has 66 valence electrons. The van der Waals surface area contributed by atoms with E-state index < -0.39 is 5.97 Å². The van der Waals surface area contributed by atoms with Crippen LogP contribution >= 0.6 is 0 Å². The fourth-order valence-electron chi connectivity index (χ4n) is 0.885. The topological polar surface area (TPSA) is 60.8 Å². The lowest BCUT2D eigenvalue weighted by atomic mass is 10.2. The van der Waals surface area contributed by atoms with E-state index in [1.165, 1.54) is 0 Å². The van der Waals surface area contributed by atoms with E-state index in [0.717, 1.165) is 0 Å². The highest BCUT2D eigenvalue weighted by molar-refractivity contribution is 5.68. The van der Waals surface area contributed by atoms with E-state index in [0.29, 0.717) is 6.54 Å². The molecule has 4 nitrogen and oxygen atoms in total. The molecule has 0 spiro atoms. The number of rotatable bonds is 5. The summed E-state index contributed by atoms with van der Waals surface area (Å²) in [5.74, 6) is -0.697. The van der Waals surface area contributed by atoms with E-state index in [1.807, 2.05) is 6.92 Å². The molecule has 0 heterocycles. The van der Waals surface area contributed by atoms with Gasteiger partial charge in [0.15, 0.2) is 0 Å². The molecule has 0 aromatic rings. The highest BCUT2D eigenvalue weighted by atomic mass is 16.4. The van der Waals surface area contributed by atoms with Gasteiger partial charge in [0.25, 0.3) is 0 Å². The molecule has 0 aromatic carbocycles. The van der Waals surface area contributed by atoms with E-state index in [-0.39, 0.29) is 19.1 Å². The number of carboxylic acids is 1. The lowest BCUT2D eigenvalue weighted by Gasteiger charge is -2.17. The molecule has 0 rings (SSSR count). The number of aliphatic carboxylic acids is 1. The van der Waals surface area contributed by atoms with Gasteiger partial charge in [-0.25, -0.2) is 0 Å². The second-order valence-corrected chi connectivity index (χ2v) is 2.88. The Kier molecular flexibility index (Phi) is 4.81. The fourth-order valence-corrected chi connectivity index (χ4v) is 0.885. The van der Waals surface area contributed by atoms with Crippen molar-refractivity contribution in [1.29, 1.82) is 0 Å². The molecule has 0 aliphatic rings. The number of hydrogen-bond acceptors (Lipinski definition) is 3. The van der Waals surface area contributed by atoms with Crippen LogP contribution in [-0.4, -0.2) is 47.8 Å². The maximum Gasteiger partial charge on any atom is 0.317 e. The lowest BCUT2D eigenvalue weighted by molar-refractivity contribution is -0.138. The first kappa shape index (κ1) is 10.4. The largest absolute Gasteiger partial charge is 0.480 e. The van der Waals surface area contributed by atoms with Crippen LogP contribution in [0.4, 0.5) is 0 Å². The molecule has 0 aliphatic heterocycles. The Balaban J connectivity index is 3.51. The molecule has 0 fully saturated rings. The number of aliphatic hydroxyl groups excluding tert-OH is 1. The highest BCUT2D eigenvalue weighted by Gasteiger charge is 2.07. The van der Waals surface area contributed by atoms with Crippen LogP contribution in [-0.2, 0) is 4.79 Å². The van der Waals surface area contributed by atoms with Crippen LogP contribution < -0.4 is 0 Å². The number of nitrogens with zero attached hydrogens (tertiary/aromatic N) is 1. The van der Waals surface area contributed by atoms with E-state index in [2.05, 4.69) is 0 Å². The third-order valence-corrected chi connectivity index (χ3v) is 1.34. The van der Waals surface area contributed by atoms with Crippen molar-refractivity contribution in [2.45, 2.75) is 6.92 Å². The van der Waals surface area contributed by atoms with E-state index in [9.17, 15) is 4.79 Å². The summed E-state index contributed by atoms with van der Waals surface area (Å²) in [5, 5.41) is 17.0. The van der Waals surface area contributed by atoms with Crippen LogP contribution in [0.5, 0.6) is 0 Å². The van der Waals surface area contributed by atoms with Crippen molar-refractivity contribution in [1.82, 2.24) is 4.90 Å². The molecular formula is C7H15NO3. The van der Waals surface area contributed by atoms with Crippen molar-refractivity contribution >= 4 is 5.97 Å². The molecule has 1 unspecified atom stereocenters. The first-order valence-electron chi connectivity index (χ1n) is 3.57. The van der Waals surface area contributed by atoms with Gasteiger partial charge in [-0.2, -0.15) is 0 Å². The quantitative estimate of drug-likeness (QED) is 0.577. The van der Waals surface area contributed by atoms with Gasteiger partial charge in [0.2, 0.25) is 0 Å². The van der Waals surface area contributed by atoms with Crippen molar-refractivity contribution in [2.75, 3.05) is 26.7 Å². The molecule has 0 saturated heterocycles. The SMILES string of the molecule is CC(CO)CN(C)CC(=O)O. The normalized spacial score (nSPS) is 13.5. The molecule has 11 heavy (non-hydrogen) atoms. The minimum atomic E-state index is -0.836. The van der Waals surface area contributed by atoms with Gasteiger partial charge in [-0.05, 0) is 13.0 Å². The third-order valence-electron chi connectivity index (χ3n) is 1.34. The molecule has 0 saturated carbocycles. The number of hydrogen-bond donors (Lipinski definition) is 2. The Bertz CT molecular complexity index is 127. The Labute approximate surface area is 66.4 Å². The highest BCUT2D eigenvalue weighted by Crippen LogP contribution is 1.95. The summed E-state index contributed by atoms with van der Waals surface area (Å²) in [6.07, 6.45) is 0. The summed E-state index contributed by atoms with van der Waals surface area (Å²) in [4.78, 5) is 11.8. The predicted octanol–water partition coefficient (Wildman–Crippen LogP) is -0.369. The van der Waals surface area contributed by atoms with Gasteiger partial charge in [0.05, 0.1) is 6.54 Å². The van der Waals surface area contributed by atoms with Crippen molar-refractivity contribution in [3.63, 3.8) is 0 Å². The predicted molar refractivity (Wildman–Crippen MR) is 41.4 cm³/mol. The van der Waals surface area contributed by atoms with Crippen molar-refractivity contribution in [2.24, 2.45) is 5.92 Å². The third kappa shape index (κ3) is 5.82. The van der Waals surface area contributed by atoms with Crippen LogP contribution in [0.15, 0.2) is 0 Å². The van der Waals surface area contributed by atoms with Crippen LogP contribution in [0.1, 0.15) is 6.92 Å². The monoisotopic (exact) mass is 161 g/mol. The Morgan fingerprint density at radius 1 is 1.64 bits per heavy atom. The lowest BCUT2D eigenvalue weighted by Crippen LogP contribution is -2.30. The minimum absolute atomic E-state index is 0.0321. The van der Waals surface area contributed by atoms with Crippen molar-refractivity contribution in [3.05, 3.63) is 0 Å². The van der Waals surface area contributed by atoms with Crippen molar-refractivity contribution < 1.29 is 15.0 Å². The summed E-state index contributed by atoms with van der Waals surface area (Å²) in [6.45, 7) is 2.62. The molecule has 1 atom stereocenters. The summed E-state index contributed by atoms with van der Waals surface area (Å²) in [5.41, 5.74) is 0. The van der Waals surface area contributed by atoms with Gasteiger partial charge >= 0.3 is 5.97 Å². The number of likely N-dealkylation sites (N-methyl/N-ethyl adjacent to an activating group) is 1. The summed E-state index contributed by atoms with van der Waals surface area (Å²) >= 11 is 0. The number of carboxylic acid groups (broad SMARTS) is 1. The maximum absolute atomic E-state index is 10.2. The molecular weight excluding hydrogens is 146 g/mol. The number of carbonyl (C=O) groups is 1. The van der Waals surface area contributed by atoms with Gasteiger partial charge < -0.3 is 10.2 Å².